The van der Waals surface area contributed by atoms with Crippen LogP contribution in [0.2, 0.25) is 5.02 Å². The van der Waals surface area contributed by atoms with Crippen LogP contribution in [0.15, 0.2) is 12.4 Å². The minimum Gasteiger partial charge on any atom is -0.304 e. The van der Waals surface area contributed by atoms with E-state index in [1.807, 2.05) is 11.6 Å². The summed E-state index contributed by atoms with van der Waals surface area (Å²) < 4.78 is 5.80. The van der Waals surface area contributed by atoms with Gasteiger partial charge in [-0.1, -0.05) is 23.0 Å². The topological polar surface area (TPSA) is 55.6 Å². The SMILES string of the molecule is CCNC(c1cnns1)c1c(Cl)cnn1CC. The predicted octanol–water partition coefficient (Wildman–Crippen LogP) is 2.11. The van der Waals surface area contributed by atoms with Gasteiger partial charge in [-0.3, -0.25) is 4.68 Å². The van der Waals surface area contributed by atoms with Crippen LogP contribution in [0, 0.1) is 0 Å². The van der Waals surface area contributed by atoms with Gasteiger partial charge in [0.25, 0.3) is 0 Å². The summed E-state index contributed by atoms with van der Waals surface area (Å²) >= 11 is 7.59. The quantitative estimate of drug-likeness (QED) is 0.905. The smallest absolute Gasteiger partial charge is 0.0889 e. The Kier molecular flexibility index (Phi) is 4.09. The van der Waals surface area contributed by atoms with Crippen molar-refractivity contribution in [3.63, 3.8) is 0 Å². The lowest BCUT2D eigenvalue weighted by Crippen LogP contribution is -2.24. The first-order chi connectivity index (χ1) is 8.27. The van der Waals surface area contributed by atoms with Gasteiger partial charge in [0.1, 0.15) is 0 Å². The summed E-state index contributed by atoms with van der Waals surface area (Å²) in [7, 11) is 0. The summed E-state index contributed by atoms with van der Waals surface area (Å²) in [5, 5.41) is 12.2. The molecule has 2 aromatic heterocycles. The number of nitrogens with zero attached hydrogens (tertiary/aromatic N) is 4. The molecule has 7 heteroatoms. The monoisotopic (exact) mass is 271 g/mol. The molecule has 1 N–H and O–H groups in total. The van der Waals surface area contributed by atoms with Gasteiger partial charge in [0.05, 0.1) is 34.0 Å². The van der Waals surface area contributed by atoms with Gasteiger partial charge in [-0.25, -0.2) is 0 Å². The third-order valence-corrected chi connectivity index (χ3v) is 3.50. The van der Waals surface area contributed by atoms with Gasteiger partial charge in [-0.2, -0.15) is 5.10 Å². The molecule has 5 nitrogen and oxygen atoms in total. The molecule has 0 spiro atoms. The molecule has 0 saturated heterocycles. The second kappa shape index (κ2) is 5.57. The van der Waals surface area contributed by atoms with Crippen LogP contribution < -0.4 is 5.32 Å². The van der Waals surface area contributed by atoms with E-state index in [2.05, 4.69) is 26.9 Å². The normalized spacial score (nSPS) is 12.9. The summed E-state index contributed by atoms with van der Waals surface area (Å²) in [4.78, 5) is 1.05. The van der Waals surface area contributed by atoms with E-state index >= 15 is 0 Å². The molecule has 0 radical (unpaired) electrons. The number of hydrogen-bond donors (Lipinski definition) is 1. The highest BCUT2D eigenvalue weighted by molar-refractivity contribution is 7.05. The zero-order chi connectivity index (χ0) is 12.3. The Labute approximate surface area is 109 Å². The summed E-state index contributed by atoms with van der Waals surface area (Å²) in [6.45, 7) is 5.73. The molecule has 1 atom stereocenters. The van der Waals surface area contributed by atoms with Crippen LogP contribution in [-0.4, -0.2) is 25.9 Å². The summed E-state index contributed by atoms with van der Waals surface area (Å²) in [6.07, 6.45) is 3.44. The molecule has 2 aromatic rings. The fourth-order valence-corrected chi connectivity index (χ4v) is 2.58. The highest BCUT2D eigenvalue weighted by Gasteiger charge is 2.22. The first-order valence-electron chi connectivity index (χ1n) is 5.49. The molecule has 1 unspecified atom stereocenters. The Bertz CT molecular complexity index is 467. The lowest BCUT2D eigenvalue weighted by atomic mass is 10.2. The van der Waals surface area contributed by atoms with Gasteiger partial charge in [-0.15, -0.1) is 5.10 Å². The van der Waals surface area contributed by atoms with E-state index in [0.29, 0.717) is 5.02 Å². The lowest BCUT2D eigenvalue weighted by Gasteiger charge is -2.17. The highest BCUT2D eigenvalue weighted by Crippen LogP contribution is 2.29. The Morgan fingerprint density at radius 2 is 2.29 bits per heavy atom. The van der Waals surface area contributed by atoms with E-state index in [1.54, 1.807) is 12.4 Å². The fraction of sp³-hybridized carbons (Fsp3) is 0.500. The molecule has 0 fully saturated rings. The van der Waals surface area contributed by atoms with E-state index in [0.717, 1.165) is 23.7 Å². The number of halogens is 1. The molecule has 0 saturated carbocycles. The van der Waals surface area contributed by atoms with Crippen molar-refractivity contribution in [3.8, 4) is 0 Å². The van der Waals surface area contributed by atoms with Crippen molar-refractivity contribution < 1.29 is 0 Å². The van der Waals surface area contributed by atoms with Crippen LogP contribution in [-0.2, 0) is 6.54 Å². The molecule has 2 rings (SSSR count). The molecule has 0 aliphatic carbocycles. The second-order valence-electron chi connectivity index (χ2n) is 3.50. The maximum atomic E-state index is 6.21. The van der Waals surface area contributed by atoms with Crippen molar-refractivity contribution in [2.24, 2.45) is 0 Å². The third kappa shape index (κ3) is 2.48. The Morgan fingerprint density at radius 3 is 2.88 bits per heavy atom. The Balaban J connectivity index is 2.42. The summed E-state index contributed by atoms with van der Waals surface area (Å²) in [5.74, 6) is 0. The van der Waals surface area contributed by atoms with Crippen molar-refractivity contribution in [1.82, 2.24) is 24.7 Å². The predicted molar refractivity (Wildman–Crippen MR) is 68.3 cm³/mol. The summed E-state index contributed by atoms with van der Waals surface area (Å²) in [6, 6.07) is 0.00921. The van der Waals surface area contributed by atoms with E-state index in [4.69, 9.17) is 11.6 Å². The van der Waals surface area contributed by atoms with Gasteiger partial charge in [0.2, 0.25) is 0 Å². The van der Waals surface area contributed by atoms with Gasteiger partial charge >= 0.3 is 0 Å². The lowest BCUT2D eigenvalue weighted by molar-refractivity contribution is 0.547. The number of nitrogens with one attached hydrogen (secondary N) is 1. The van der Waals surface area contributed by atoms with Crippen molar-refractivity contribution in [1.29, 1.82) is 0 Å². The van der Waals surface area contributed by atoms with E-state index < -0.39 is 0 Å². The van der Waals surface area contributed by atoms with Crippen molar-refractivity contribution in [3.05, 3.63) is 28.0 Å². The first kappa shape index (κ1) is 12.5. The zero-order valence-electron chi connectivity index (χ0n) is 9.72. The molecule has 0 bridgehead atoms. The average Bonchev–Trinajstić information content (AvgIpc) is 2.95. The van der Waals surface area contributed by atoms with Crippen LogP contribution in [0.4, 0.5) is 0 Å². The molecule has 17 heavy (non-hydrogen) atoms. The number of hydrogen-bond acceptors (Lipinski definition) is 5. The van der Waals surface area contributed by atoms with E-state index in [9.17, 15) is 0 Å². The zero-order valence-corrected chi connectivity index (χ0v) is 11.3. The second-order valence-corrected chi connectivity index (χ2v) is 4.73. The van der Waals surface area contributed by atoms with Crippen molar-refractivity contribution in [2.45, 2.75) is 26.4 Å². The van der Waals surface area contributed by atoms with Crippen LogP contribution in [0.3, 0.4) is 0 Å². The molecule has 0 amide bonds. The highest BCUT2D eigenvalue weighted by atomic mass is 35.5. The maximum Gasteiger partial charge on any atom is 0.0889 e. The van der Waals surface area contributed by atoms with Crippen LogP contribution in [0.5, 0.6) is 0 Å². The van der Waals surface area contributed by atoms with E-state index in [1.165, 1.54) is 11.5 Å². The molecule has 0 aliphatic heterocycles. The molecule has 0 aromatic carbocycles. The minimum atomic E-state index is 0.00921. The van der Waals surface area contributed by atoms with Crippen molar-refractivity contribution >= 4 is 23.1 Å². The standard InChI is InChI=1S/C10H14ClN5S/c1-3-12-9(8-6-13-15-17-8)10-7(11)5-14-16(10)4-2/h5-6,9,12H,3-4H2,1-2H3. The molecule has 2 heterocycles. The maximum absolute atomic E-state index is 6.21. The van der Waals surface area contributed by atoms with Crippen LogP contribution in [0.25, 0.3) is 0 Å². The van der Waals surface area contributed by atoms with Gasteiger partial charge in [-0.05, 0) is 25.0 Å². The van der Waals surface area contributed by atoms with Gasteiger partial charge < -0.3 is 5.32 Å². The Morgan fingerprint density at radius 1 is 1.47 bits per heavy atom. The van der Waals surface area contributed by atoms with Crippen molar-refractivity contribution in [2.75, 3.05) is 6.54 Å². The molecule has 92 valence electrons. The number of aromatic nitrogens is 4. The molecular weight excluding hydrogens is 258 g/mol. The van der Waals surface area contributed by atoms with Crippen LogP contribution >= 0.6 is 23.1 Å². The number of rotatable bonds is 5. The van der Waals surface area contributed by atoms with Gasteiger partial charge in [0, 0.05) is 6.54 Å². The molecule has 0 aliphatic rings. The fourth-order valence-electron chi connectivity index (χ4n) is 1.75. The van der Waals surface area contributed by atoms with E-state index in [-0.39, 0.29) is 6.04 Å². The van der Waals surface area contributed by atoms with Crippen LogP contribution in [0.1, 0.15) is 30.5 Å². The van der Waals surface area contributed by atoms with Gasteiger partial charge in [0.15, 0.2) is 0 Å². The first-order valence-corrected chi connectivity index (χ1v) is 6.64. The Hall–Kier alpha value is -0.980. The largest absolute Gasteiger partial charge is 0.304 e. The summed E-state index contributed by atoms with van der Waals surface area (Å²) in [5.41, 5.74) is 0.974. The molecular formula is C10H14ClN5S. The third-order valence-electron chi connectivity index (χ3n) is 2.48. The average molecular weight is 272 g/mol. The minimum absolute atomic E-state index is 0.00921. The number of aryl methyl sites for hydroxylation is 1.